The van der Waals surface area contributed by atoms with Crippen LogP contribution in [0.15, 0.2) is 24.4 Å². The van der Waals surface area contributed by atoms with Gasteiger partial charge in [0.1, 0.15) is 5.82 Å². The molecule has 0 spiro atoms. The Bertz CT molecular complexity index is 475. The van der Waals surface area contributed by atoms with Crippen molar-refractivity contribution >= 4 is 23.1 Å². The maximum atomic E-state index is 12.8. The molecule has 1 aromatic carbocycles. The number of rotatable bonds is 3. The van der Waals surface area contributed by atoms with E-state index >= 15 is 0 Å². The largest absolute Gasteiger partial charge is 0.323 e. The van der Waals surface area contributed by atoms with E-state index in [1.54, 1.807) is 12.3 Å². The lowest BCUT2D eigenvalue weighted by Crippen LogP contribution is -2.12. The molecule has 0 fully saturated rings. The van der Waals surface area contributed by atoms with Gasteiger partial charge < -0.3 is 5.73 Å². The molecule has 0 saturated carbocycles. The van der Waals surface area contributed by atoms with Crippen LogP contribution in [0, 0.1) is 5.82 Å². The van der Waals surface area contributed by atoms with Crippen molar-refractivity contribution < 1.29 is 4.39 Å². The van der Waals surface area contributed by atoms with Crippen LogP contribution in [0.1, 0.15) is 16.5 Å². The van der Waals surface area contributed by atoms with E-state index in [0.29, 0.717) is 11.4 Å². The summed E-state index contributed by atoms with van der Waals surface area (Å²) in [5, 5.41) is 4.11. The highest BCUT2D eigenvalue weighted by molar-refractivity contribution is 7.05. The van der Waals surface area contributed by atoms with E-state index in [1.165, 1.54) is 23.7 Å². The van der Waals surface area contributed by atoms with E-state index in [4.69, 9.17) is 17.3 Å². The molecule has 16 heavy (non-hydrogen) atoms. The Morgan fingerprint density at radius 2 is 2.31 bits per heavy atom. The first-order valence-electron chi connectivity index (χ1n) is 4.63. The molecular weight excluding hydrogens is 249 g/mol. The summed E-state index contributed by atoms with van der Waals surface area (Å²) in [4.78, 5) is 0.889. The molecule has 0 aliphatic carbocycles. The van der Waals surface area contributed by atoms with Gasteiger partial charge in [0.05, 0.1) is 11.1 Å². The molecule has 1 heterocycles. The molecule has 0 aliphatic heterocycles. The first-order valence-corrected chi connectivity index (χ1v) is 5.78. The third-order valence-electron chi connectivity index (χ3n) is 2.20. The molecule has 0 saturated heterocycles. The summed E-state index contributed by atoms with van der Waals surface area (Å²) in [5.74, 6) is -0.346. The number of halogens is 2. The Morgan fingerprint density at radius 1 is 1.50 bits per heavy atom. The average Bonchev–Trinajstić information content (AvgIpc) is 2.75. The molecular formula is C10H9ClFN3S. The summed E-state index contributed by atoms with van der Waals surface area (Å²) >= 11 is 7.17. The number of nitrogens with zero attached hydrogens (tertiary/aromatic N) is 2. The smallest absolute Gasteiger partial charge is 0.124 e. The molecule has 6 heteroatoms. The zero-order chi connectivity index (χ0) is 11.5. The monoisotopic (exact) mass is 257 g/mol. The zero-order valence-corrected chi connectivity index (χ0v) is 9.80. The first-order chi connectivity index (χ1) is 7.66. The Kier molecular flexibility index (Phi) is 3.48. The minimum atomic E-state index is -0.346. The fourth-order valence-electron chi connectivity index (χ4n) is 1.36. The summed E-state index contributed by atoms with van der Waals surface area (Å²) < 4.78 is 16.6. The van der Waals surface area contributed by atoms with Crippen molar-refractivity contribution in [3.63, 3.8) is 0 Å². The van der Waals surface area contributed by atoms with Gasteiger partial charge in [-0.1, -0.05) is 22.2 Å². The predicted molar refractivity (Wildman–Crippen MR) is 62.0 cm³/mol. The van der Waals surface area contributed by atoms with Crippen LogP contribution in [0.4, 0.5) is 4.39 Å². The van der Waals surface area contributed by atoms with Crippen LogP contribution < -0.4 is 5.73 Å². The van der Waals surface area contributed by atoms with Gasteiger partial charge >= 0.3 is 0 Å². The third-order valence-corrected chi connectivity index (χ3v) is 3.35. The van der Waals surface area contributed by atoms with Crippen molar-refractivity contribution in [3.8, 4) is 0 Å². The SMILES string of the molecule is NC(Cc1ccc(F)cc1Cl)c1cnns1. The van der Waals surface area contributed by atoms with Gasteiger partial charge in [0.2, 0.25) is 0 Å². The second kappa shape index (κ2) is 4.86. The standard InChI is InChI=1S/C10H9ClFN3S/c11-8-4-7(12)2-1-6(8)3-9(13)10-5-14-15-16-10/h1-2,4-5,9H,3,13H2. The van der Waals surface area contributed by atoms with Crippen LogP contribution in [0.5, 0.6) is 0 Å². The molecule has 3 nitrogen and oxygen atoms in total. The Labute approximate surface area is 101 Å². The second-order valence-corrected chi connectivity index (χ2v) is 4.59. The van der Waals surface area contributed by atoms with Crippen LogP contribution in [0.25, 0.3) is 0 Å². The Morgan fingerprint density at radius 3 is 2.94 bits per heavy atom. The minimum absolute atomic E-state index is 0.206. The molecule has 0 aliphatic rings. The summed E-state index contributed by atoms with van der Waals surface area (Å²) in [5.41, 5.74) is 6.78. The molecule has 2 N–H and O–H groups in total. The summed E-state index contributed by atoms with van der Waals surface area (Å²) in [6.45, 7) is 0. The fraction of sp³-hybridized carbons (Fsp3) is 0.200. The molecule has 84 valence electrons. The number of aromatic nitrogens is 2. The molecule has 2 rings (SSSR count). The lowest BCUT2D eigenvalue weighted by Gasteiger charge is -2.09. The highest BCUT2D eigenvalue weighted by atomic mass is 35.5. The zero-order valence-electron chi connectivity index (χ0n) is 8.23. The molecule has 0 radical (unpaired) electrons. The van der Waals surface area contributed by atoms with Gasteiger partial charge in [0.25, 0.3) is 0 Å². The van der Waals surface area contributed by atoms with Crippen LogP contribution in [-0.4, -0.2) is 9.59 Å². The molecule has 1 atom stereocenters. The lowest BCUT2D eigenvalue weighted by atomic mass is 10.1. The van der Waals surface area contributed by atoms with Crippen molar-refractivity contribution in [2.45, 2.75) is 12.5 Å². The summed E-state index contributed by atoms with van der Waals surface area (Å²) in [6.07, 6.45) is 2.18. The molecule has 0 amide bonds. The van der Waals surface area contributed by atoms with E-state index < -0.39 is 0 Å². The van der Waals surface area contributed by atoms with Gasteiger partial charge in [0.15, 0.2) is 0 Å². The molecule has 1 unspecified atom stereocenters. The van der Waals surface area contributed by atoms with Gasteiger partial charge in [-0.2, -0.15) is 0 Å². The Hall–Kier alpha value is -1.04. The van der Waals surface area contributed by atoms with E-state index in [2.05, 4.69) is 9.59 Å². The number of nitrogens with two attached hydrogens (primary N) is 1. The average molecular weight is 258 g/mol. The molecule has 1 aromatic heterocycles. The van der Waals surface area contributed by atoms with E-state index in [1.807, 2.05) is 0 Å². The van der Waals surface area contributed by atoms with E-state index in [0.717, 1.165) is 10.4 Å². The molecule has 2 aromatic rings. The van der Waals surface area contributed by atoms with Crippen LogP contribution in [-0.2, 0) is 6.42 Å². The van der Waals surface area contributed by atoms with Gasteiger partial charge in [-0.25, -0.2) is 4.39 Å². The lowest BCUT2D eigenvalue weighted by molar-refractivity contribution is 0.626. The van der Waals surface area contributed by atoms with Gasteiger partial charge in [-0.3, -0.25) is 0 Å². The molecule has 0 bridgehead atoms. The van der Waals surface area contributed by atoms with Gasteiger partial charge in [0, 0.05) is 11.1 Å². The second-order valence-electron chi connectivity index (χ2n) is 3.37. The van der Waals surface area contributed by atoms with Crippen molar-refractivity contribution in [1.29, 1.82) is 0 Å². The topological polar surface area (TPSA) is 51.8 Å². The quantitative estimate of drug-likeness (QED) is 0.920. The van der Waals surface area contributed by atoms with Crippen molar-refractivity contribution in [2.24, 2.45) is 5.73 Å². The van der Waals surface area contributed by atoms with E-state index in [-0.39, 0.29) is 11.9 Å². The maximum absolute atomic E-state index is 12.8. The maximum Gasteiger partial charge on any atom is 0.124 e. The minimum Gasteiger partial charge on any atom is -0.323 e. The van der Waals surface area contributed by atoms with Crippen LogP contribution in [0.3, 0.4) is 0 Å². The summed E-state index contributed by atoms with van der Waals surface area (Å²) in [6, 6.07) is 4.10. The van der Waals surface area contributed by atoms with Crippen LogP contribution >= 0.6 is 23.1 Å². The highest BCUT2D eigenvalue weighted by Gasteiger charge is 2.12. The van der Waals surface area contributed by atoms with Crippen molar-refractivity contribution in [2.75, 3.05) is 0 Å². The van der Waals surface area contributed by atoms with Crippen molar-refractivity contribution in [3.05, 3.63) is 45.7 Å². The number of hydrogen-bond acceptors (Lipinski definition) is 4. The third kappa shape index (κ3) is 2.55. The van der Waals surface area contributed by atoms with Gasteiger partial charge in [-0.05, 0) is 35.6 Å². The first kappa shape index (κ1) is 11.4. The predicted octanol–water partition coefficient (Wildman–Crippen LogP) is 2.57. The summed E-state index contributed by atoms with van der Waals surface area (Å²) in [7, 11) is 0. The van der Waals surface area contributed by atoms with Crippen LogP contribution in [0.2, 0.25) is 5.02 Å². The van der Waals surface area contributed by atoms with Crippen molar-refractivity contribution in [1.82, 2.24) is 9.59 Å². The highest BCUT2D eigenvalue weighted by Crippen LogP contribution is 2.23. The number of benzene rings is 1. The number of hydrogen-bond donors (Lipinski definition) is 1. The Balaban J connectivity index is 2.15. The normalized spacial score (nSPS) is 12.7. The fourth-order valence-corrected chi connectivity index (χ4v) is 2.11. The van der Waals surface area contributed by atoms with E-state index in [9.17, 15) is 4.39 Å². The van der Waals surface area contributed by atoms with Gasteiger partial charge in [-0.15, -0.1) is 5.10 Å².